The summed E-state index contributed by atoms with van der Waals surface area (Å²) in [5, 5.41) is 9.16. The van der Waals surface area contributed by atoms with E-state index in [1.807, 2.05) is 13.0 Å². The zero-order valence-corrected chi connectivity index (χ0v) is 12.5. The van der Waals surface area contributed by atoms with E-state index in [1.165, 1.54) is 0 Å². The first-order valence-corrected chi connectivity index (χ1v) is 6.74. The Morgan fingerprint density at radius 2 is 1.84 bits per heavy atom. The summed E-state index contributed by atoms with van der Waals surface area (Å²) >= 11 is 0. The molecule has 4 heteroatoms. The second kappa shape index (κ2) is 4.76. The Balaban J connectivity index is 2.31. The predicted octanol–water partition coefficient (Wildman–Crippen LogP) is 2.28. The van der Waals surface area contributed by atoms with E-state index in [4.69, 9.17) is 9.84 Å². The monoisotopic (exact) mass is 264 g/mol. The SMILES string of the molecule is Cc1cc(CO)cnc1N1CC(C)(C)OC(C)(C)C1. The van der Waals surface area contributed by atoms with E-state index in [-0.39, 0.29) is 17.8 Å². The molecular weight excluding hydrogens is 240 g/mol. The average Bonchev–Trinajstić information content (AvgIpc) is 2.24. The number of aliphatic hydroxyl groups is 1. The molecule has 1 aliphatic heterocycles. The van der Waals surface area contributed by atoms with Crippen molar-refractivity contribution in [3.05, 3.63) is 23.4 Å². The van der Waals surface area contributed by atoms with Crippen LogP contribution in [-0.2, 0) is 11.3 Å². The summed E-state index contributed by atoms with van der Waals surface area (Å²) in [5.74, 6) is 0.988. The van der Waals surface area contributed by atoms with E-state index < -0.39 is 0 Å². The molecule has 1 fully saturated rings. The number of aryl methyl sites for hydroxylation is 1. The largest absolute Gasteiger partial charge is 0.392 e. The maximum absolute atomic E-state index is 9.16. The van der Waals surface area contributed by atoms with Crippen molar-refractivity contribution in [2.24, 2.45) is 0 Å². The molecule has 0 spiro atoms. The van der Waals surface area contributed by atoms with Gasteiger partial charge in [-0.2, -0.15) is 0 Å². The molecule has 19 heavy (non-hydrogen) atoms. The molecule has 2 heterocycles. The van der Waals surface area contributed by atoms with E-state index in [0.29, 0.717) is 0 Å². The molecule has 1 N–H and O–H groups in total. The maximum Gasteiger partial charge on any atom is 0.131 e. The number of hydrogen-bond donors (Lipinski definition) is 1. The number of hydrogen-bond acceptors (Lipinski definition) is 4. The zero-order chi connectivity index (χ0) is 14.3. The third-order valence-electron chi connectivity index (χ3n) is 3.29. The summed E-state index contributed by atoms with van der Waals surface area (Å²) in [5.41, 5.74) is 1.57. The molecule has 0 bridgehead atoms. The van der Waals surface area contributed by atoms with Gasteiger partial charge in [0.2, 0.25) is 0 Å². The average molecular weight is 264 g/mol. The van der Waals surface area contributed by atoms with Crippen LogP contribution in [0.1, 0.15) is 38.8 Å². The van der Waals surface area contributed by atoms with Crippen LogP contribution in [0.5, 0.6) is 0 Å². The highest BCUT2D eigenvalue weighted by atomic mass is 16.5. The first-order valence-electron chi connectivity index (χ1n) is 6.74. The van der Waals surface area contributed by atoms with Gasteiger partial charge in [0.1, 0.15) is 5.82 Å². The quantitative estimate of drug-likeness (QED) is 0.890. The topological polar surface area (TPSA) is 45.6 Å². The van der Waals surface area contributed by atoms with Crippen LogP contribution in [0.2, 0.25) is 0 Å². The van der Waals surface area contributed by atoms with Crippen molar-refractivity contribution < 1.29 is 9.84 Å². The van der Waals surface area contributed by atoms with E-state index in [1.54, 1.807) is 6.20 Å². The fourth-order valence-corrected chi connectivity index (χ4v) is 2.98. The van der Waals surface area contributed by atoms with Gasteiger partial charge in [0.15, 0.2) is 0 Å². The Bertz CT molecular complexity index is 453. The van der Waals surface area contributed by atoms with Crippen LogP contribution in [0, 0.1) is 6.92 Å². The molecule has 1 aromatic heterocycles. The summed E-state index contributed by atoms with van der Waals surface area (Å²) < 4.78 is 6.09. The number of nitrogens with zero attached hydrogens (tertiary/aromatic N) is 2. The number of aliphatic hydroxyl groups excluding tert-OH is 1. The Labute approximate surface area is 115 Å². The van der Waals surface area contributed by atoms with Gasteiger partial charge in [-0.25, -0.2) is 4.98 Å². The molecule has 0 aliphatic carbocycles. The lowest BCUT2D eigenvalue weighted by atomic mass is 9.98. The minimum Gasteiger partial charge on any atom is -0.392 e. The van der Waals surface area contributed by atoms with Crippen LogP contribution < -0.4 is 4.90 Å². The van der Waals surface area contributed by atoms with Crippen LogP contribution >= 0.6 is 0 Å². The lowest BCUT2D eigenvalue weighted by Crippen LogP contribution is -2.57. The number of pyridine rings is 1. The van der Waals surface area contributed by atoms with Crippen molar-refractivity contribution in [1.29, 1.82) is 0 Å². The lowest BCUT2D eigenvalue weighted by Gasteiger charge is -2.47. The molecule has 0 radical (unpaired) electrons. The van der Waals surface area contributed by atoms with Gasteiger partial charge < -0.3 is 14.7 Å². The normalized spacial score (nSPS) is 21.5. The number of ether oxygens (including phenoxy) is 1. The summed E-state index contributed by atoms with van der Waals surface area (Å²) in [6, 6.07) is 2.00. The Hall–Kier alpha value is -1.13. The van der Waals surface area contributed by atoms with E-state index >= 15 is 0 Å². The number of aromatic nitrogens is 1. The summed E-state index contributed by atoms with van der Waals surface area (Å²) in [7, 11) is 0. The van der Waals surface area contributed by atoms with E-state index in [9.17, 15) is 0 Å². The third kappa shape index (κ3) is 3.25. The predicted molar refractivity (Wildman–Crippen MR) is 76.4 cm³/mol. The van der Waals surface area contributed by atoms with E-state index in [0.717, 1.165) is 30.0 Å². The molecule has 2 rings (SSSR count). The first-order chi connectivity index (χ1) is 8.72. The molecular formula is C15H24N2O2. The Morgan fingerprint density at radius 3 is 2.32 bits per heavy atom. The van der Waals surface area contributed by atoms with Crippen molar-refractivity contribution in [3.63, 3.8) is 0 Å². The maximum atomic E-state index is 9.16. The fraction of sp³-hybridized carbons (Fsp3) is 0.667. The van der Waals surface area contributed by atoms with Crippen molar-refractivity contribution in [3.8, 4) is 0 Å². The van der Waals surface area contributed by atoms with Crippen LogP contribution in [0.3, 0.4) is 0 Å². The molecule has 0 atom stereocenters. The molecule has 1 aliphatic rings. The molecule has 4 nitrogen and oxygen atoms in total. The fourth-order valence-electron chi connectivity index (χ4n) is 2.98. The summed E-state index contributed by atoms with van der Waals surface area (Å²) in [6.45, 7) is 12.2. The number of rotatable bonds is 2. The van der Waals surface area contributed by atoms with Crippen LogP contribution in [-0.4, -0.2) is 34.4 Å². The van der Waals surface area contributed by atoms with Crippen molar-refractivity contribution in [2.75, 3.05) is 18.0 Å². The van der Waals surface area contributed by atoms with Gasteiger partial charge in [-0.1, -0.05) is 0 Å². The minimum atomic E-state index is -0.189. The highest BCUT2D eigenvalue weighted by Gasteiger charge is 2.38. The second-order valence-corrected chi connectivity index (χ2v) is 6.62. The van der Waals surface area contributed by atoms with E-state index in [2.05, 4.69) is 37.6 Å². The molecule has 1 aromatic rings. The van der Waals surface area contributed by atoms with Crippen LogP contribution in [0.15, 0.2) is 12.3 Å². The van der Waals surface area contributed by atoms with Gasteiger partial charge in [-0.15, -0.1) is 0 Å². The van der Waals surface area contributed by atoms with Crippen molar-refractivity contribution >= 4 is 5.82 Å². The van der Waals surface area contributed by atoms with Gasteiger partial charge in [0.05, 0.1) is 17.8 Å². The summed E-state index contributed by atoms with van der Waals surface area (Å²) in [4.78, 5) is 6.79. The molecule has 0 saturated carbocycles. The molecule has 0 amide bonds. The van der Waals surface area contributed by atoms with Gasteiger partial charge in [-0.05, 0) is 51.8 Å². The lowest BCUT2D eigenvalue weighted by molar-refractivity contribution is -0.133. The third-order valence-corrected chi connectivity index (χ3v) is 3.29. The molecule has 1 saturated heterocycles. The van der Waals surface area contributed by atoms with Gasteiger partial charge in [0, 0.05) is 19.3 Å². The standard InChI is InChI=1S/C15H24N2O2/c1-11-6-12(8-18)7-16-13(11)17-9-14(2,3)19-15(4,5)10-17/h6-7,18H,8-10H2,1-5H3. The molecule has 0 unspecified atom stereocenters. The molecule has 106 valence electrons. The van der Waals surface area contributed by atoms with Gasteiger partial charge in [-0.3, -0.25) is 0 Å². The van der Waals surface area contributed by atoms with Gasteiger partial charge >= 0.3 is 0 Å². The first kappa shape index (κ1) is 14.3. The second-order valence-electron chi connectivity index (χ2n) is 6.62. The number of morpholine rings is 1. The van der Waals surface area contributed by atoms with Crippen molar-refractivity contribution in [2.45, 2.75) is 52.4 Å². The Morgan fingerprint density at radius 1 is 1.26 bits per heavy atom. The highest BCUT2D eigenvalue weighted by molar-refractivity contribution is 5.48. The minimum absolute atomic E-state index is 0.0359. The number of anilines is 1. The van der Waals surface area contributed by atoms with Crippen molar-refractivity contribution in [1.82, 2.24) is 4.98 Å². The van der Waals surface area contributed by atoms with Gasteiger partial charge in [0.25, 0.3) is 0 Å². The molecule has 0 aromatic carbocycles. The highest BCUT2D eigenvalue weighted by Crippen LogP contribution is 2.31. The van der Waals surface area contributed by atoms with Crippen LogP contribution in [0.4, 0.5) is 5.82 Å². The zero-order valence-electron chi connectivity index (χ0n) is 12.5. The Kier molecular flexibility index (Phi) is 3.58. The van der Waals surface area contributed by atoms with Crippen LogP contribution in [0.25, 0.3) is 0 Å². The smallest absolute Gasteiger partial charge is 0.131 e. The summed E-state index contributed by atoms with van der Waals surface area (Å²) in [6.07, 6.45) is 1.75.